The summed E-state index contributed by atoms with van der Waals surface area (Å²) < 4.78 is 35.7. The number of aromatic nitrogens is 2. The first kappa shape index (κ1) is 11.8. The lowest BCUT2D eigenvalue weighted by molar-refractivity contribution is -0.125. The van der Waals surface area contributed by atoms with Crippen molar-refractivity contribution in [2.75, 3.05) is 6.54 Å². The Morgan fingerprint density at radius 3 is 2.53 bits per heavy atom. The van der Waals surface area contributed by atoms with Gasteiger partial charge in [0.1, 0.15) is 0 Å². The summed E-state index contributed by atoms with van der Waals surface area (Å²) in [7, 11) is 0. The van der Waals surface area contributed by atoms with Gasteiger partial charge in [-0.25, -0.2) is 4.98 Å². The minimum atomic E-state index is -4.20. The van der Waals surface area contributed by atoms with E-state index in [0.29, 0.717) is 11.2 Å². The lowest BCUT2D eigenvalue weighted by Gasteiger charge is -2.07. The van der Waals surface area contributed by atoms with Gasteiger partial charge in [0, 0.05) is 6.54 Å². The van der Waals surface area contributed by atoms with E-state index >= 15 is 0 Å². The molecule has 0 amide bonds. The highest BCUT2D eigenvalue weighted by Gasteiger charge is 2.26. The number of para-hydroxylation sites is 2. The van der Waals surface area contributed by atoms with Gasteiger partial charge >= 0.3 is 6.18 Å². The second kappa shape index (κ2) is 4.67. The molecule has 0 atom stereocenters. The number of fused-ring (bicyclic) bond motifs is 1. The lowest BCUT2D eigenvalue weighted by Crippen LogP contribution is -2.28. The van der Waals surface area contributed by atoms with Gasteiger partial charge in [-0.2, -0.15) is 13.2 Å². The highest BCUT2D eigenvalue weighted by molar-refractivity contribution is 5.73. The Balaban J connectivity index is 2.04. The fourth-order valence-corrected chi connectivity index (χ4v) is 1.41. The van der Waals surface area contributed by atoms with Crippen LogP contribution >= 0.6 is 0 Å². The Kier molecular flexibility index (Phi) is 3.23. The SMILES string of the molecule is FC(F)(F)CNCc1cnc2ccccc2n1. The second-order valence-corrected chi connectivity index (χ2v) is 3.57. The molecular formula is C11H10F3N3. The molecule has 1 aromatic carbocycles. The van der Waals surface area contributed by atoms with Gasteiger partial charge in [-0.1, -0.05) is 12.1 Å². The Bertz CT molecular complexity index is 511. The van der Waals surface area contributed by atoms with E-state index in [9.17, 15) is 13.2 Å². The number of hydrogen-bond acceptors (Lipinski definition) is 3. The van der Waals surface area contributed by atoms with Gasteiger partial charge in [0.15, 0.2) is 0 Å². The van der Waals surface area contributed by atoms with Crippen molar-refractivity contribution in [3.8, 4) is 0 Å². The van der Waals surface area contributed by atoms with Gasteiger partial charge in [0.05, 0.1) is 29.5 Å². The van der Waals surface area contributed by atoms with Crippen molar-refractivity contribution in [2.45, 2.75) is 12.7 Å². The van der Waals surface area contributed by atoms with Crippen molar-refractivity contribution in [1.29, 1.82) is 0 Å². The third kappa shape index (κ3) is 3.39. The largest absolute Gasteiger partial charge is 0.401 e. The Hall–Kier alpha value is -1.69. The average Bonchev–Trinajstić information content (AvgIpc) is 2.27. The summed E-state index contributed by atoms with van der Waals surface area (Å²) in [5, 5.41) is 2.28. The normalized spacial score (nSPS) is 11.9. The maximum atomic E-state index is 11.9. The molecule has 3 nitrogen and oxygen atoms in total. The van der Waals surface area contributed by atoms with Crippen LogP contribution in [0.2, 0.25) is 0 Å². The highest BCUT2D eigenvalue weighted by atomic mass is 19.4. The molecule has 0 aliphatic carbocycles. The fourth-order valence-electron chi connectivity index (χ4n) is 1.41. The second-order valence-electron chi connectivity index (χ2n) is 3.57. The topological polar surface area (TPSA) is 37.8 Å². The molecule has 1 heterocycles. The Morgan fingerprint density at radius 2 is 1.82 bits per heavy atom. The van der Waals surface area contributed by atoms with Crippen LogP contribution in [0.5, 0.6) is 0 Å². The number of nitrogens with one attached hydrogen (secondary N) is 1. The Morgan fingerprint density at radius 1 is 1.12 bits per heavy atom. The van der Waals surface area contributed by atoms with Crippen LogP contribution in [-0.4, -0.2) is 22.7 Å². The van der Waals surface area contributed by atoms with Gasteiger partial charge in [-0.15, -0.1) is 0 Å². The van der Waals surface area contributed by atoms with E-state index in [4.69, 9.17) is 0 Å². The van der Waals surface area contributed by atoms with E-state index in [1.54, 1.807) is 12.1 Å². The molecule has 90 valence electrons. The number of nitrogens with zero attached hydrogens (tertiary/aromatic N) is 2. The fraction of sp³-hybridized carbons (Fsp3) is 0.273. The van der Waals surface area contributed by atoms with Crippen molar-refractivity contribution in [3.63, 3.8) is 0 Å². The van der Waals surface area contributed by atoms with E-state index < -0.39 is 12.7 Å². The van der Waals surface area contributed by atoms with Crippen LogP contribution in [0.15, 0.2) is 30.5 Å². The molecule has 0 spiro atoms. The molecule has 2 aromatic rings. The molecule has 2 rings (SSSR count). The molecule has 6 heteroatoms. The summed E-state index contributed by atoms with van der Waals surface area (Å²) in [6.07, 6.45) is -2.73. The molecule has 0 bridgehead atoms. The third-order valence-electron chi connectivity index (χ3n) is 2.13. The number of hydrogen-bond donors (Lipinski definition) is 1. The van der Waals surface area contributed by atoms with Gasteiger partial charge < -0.3 is 5.32 Å². The number of halogens is 3. The molecule has 0 saturated heterocycles. The standard InChI is InChI=1S/C11H10F3N3/c12-11(13,14)7-15-5-8-6-16-9-3-1-2-4-10(9)17-8/h1-4,6,15H,5,7H2. The quantitative estimate of drug-likeness (QED) is 0.895. The van der Waals surface area contributed by atoms with Crippen molar-refractivity contribution in [3.05, 3.63) is 36.2 Å². The van der Waals surface area contributed by atoms with Crippen molar-refractivity contribution in [2.24, 2.45) is 0 Å². The molecule has 0 saturated carbocycles. The molecule has 0 aliphatic rings. The van der Waals surface area contributed by atoms with E-state index in [1.807, 2.05) is 12.1 Å². The zero-order valence-corrected chi connectivity index (χ0v) is 8.83. The van der Waals surface area contributed by atoms with Crippen molar-refractivity contribution >= 4 is 11.0 Å². The van der Waals surface area contributed by atoms with Crippen LogP contribution in [0, 0.1) is 0 Å². The first-order chi connectivity index (χ1) is 8.04. The minimum Gasteiger partial charge on any atom is -0.303 e. The molecule has 0 aliphatic heterocycles. The van der Waals surface area contributed by atoms with Gasteiger partial charge in [-0.05, 0) is 12.1 Å². The summed E-state index contributed by atoms with van der Waals surface area (Å²) in [5.41, 5.74) is 1.90. The van der Waals surface area contributed by atoms with Crippen LogP contribution in [0.3, 0.4) is 0 Å². The first-order valence-corrected chi connectivity index (χ1v) is 5.03. The van der Waals surface area contributed by atoms with Gasteiger partial charge in [0.2, 0.25) is 0 Å². The van der Waals surface area contributed by atoms with E-state index in [1.165, 1.54) is 6.20 Å². The lowest BCUT2D eigenvalue weighted by atomic mass is 10.3. The first-order valence-electron chi connectivity index (χ1n) is 5.03. The van der Waals surface area contributed by atoms with Crippen LogP contribution in [0.25, 0.3) is 11.0 Å². The van der Waals surface area contributed by atoms with Crippen molar-refractivity contribution in [1.82, 2.24) is 15.3 Å². The molecular weight excluding hydrogens is 231 g/mol. The van der Waals surface area contributed by atoms with E-state index in [0.717, 1.165) is 5.52 Å². The van der Waals surface area contributed by atoms with Crippen LogP contribution < -0.4 is 5.32 Å². The smallest absolute Gasteiger partial charge is 0.303 e. The summed E-state index contributed by atoms with van der Waals surface area (Å²) in [6, 6.07) is 7.22. The zero-order chi connectivity index (χ0) is 12.3. The molecule has 0 radical (unpaired) electrons. The maximum Gasteiger partial charge on any atom is 0.401 e. The van der Waals surface area contributed by atoms with Crippen LogP contribution in [0.4, 0.5) is 13.2 Å². The van der Waals surface area contributed by atoms with Gasteiger partial charge in [-0.3, -0.25) is 4.98 Å². The molecule has 1 N–H and O–H groups in total. The Labute approximate surface area is 95.7 Å². The predicted molar refractivity (Wildman–Crippen MR) is 57.3 cm³/mol. The zero-order valence-electron chi connectivity index (χ0n) is 8.83. The van der Waals surface area contributed by atoms with Crippen LogP contribution in [0.1, 0.15) is 5.69 Å². The molecule has 0 unspecified atom stereocenters. The third-order valence-corrected chi connectivity index (χ3v) is 2.13. The van der Waals surface area contributed by atoms with Crippen LogP contribution in [-0.2, 0) is 6.54 Å². The average molecular weight is 241 g/mol. The molecule has 1 aromatic heterocycles. The molecule has 0 fully saturated rings. The number of benzene rings is 1. The van der Waals surface area contributed by atoms with Crippen molar-refractivity contribution < 1.29 is 13.2 Å². The minimum absolute atomic E-state index is 0.0529. The van der Waals surface area contributed by atoms with E-state index in [-0.39, 0.29) is 6.54 Å². The summed E-state index contributed by atoms with van der Waals surface area (Å²) in [6.45, 7) is -0.973. The summed E-state index contributed by atoms with van der Waals surface area (Å²) >= 11 is 0. The summed E-state index contributed by atoms with van der Waals surface area (Å²) in [5.74, 6) is 0. The predicted octanol–water partition coefficient (Wildman–Crippen LogP) is 2.28. The molecule has 17 heavy (non-hydrogen) atoms. The maximum absolute atomic E-state index is 11.9. The number of rotatable bonds is 3. The number of alkyl halides is 3. The van der Waals surface area contributed by atoms with E-state index in [2.05, 4.69) is 15.3 Å². The summed E-state index contributed by atoms with van der Waals surface area (Å²) in [4.78, 5) is 8.31. The highest BCUT2D eigenvalue weighted by Crippen LogP contribution is 2.13. The van der Waals surface area contributed by atoms with Gasteiger partial charge in [0.25, 0.3) is 0 Å². The monoisotopic (exact) mass is 241 g/mol.